The smallest absolute Gasteiger partial charge is 0.178 e. The van der Waals surface area contributed by atoms with Crippen LogP contribution >= 0.6 is 0 Å². The van der Waals surface area contributed by atoms with Crippen LogP contribution < -0.4 is 5.73 Å². The van der Waals surface area contributed by atoms with Crippen LogP contribution in [0.25, 0.3) is 0 Å². The molecule has 0 saturated carbocycles. The quantitative estimate of drug-likeness (QED) is 0.877. The van der Waals surface area contributed by atoms with Crippen molar-refractivity contribution in [1.82, 2.24) is 0 Å². The Labute approximate surface area is 97.6 Å². The Morgan fingerprint density at radius 2 is 1.69 bits per heavy atom. The summed E-state index contributed by atoms with van der Waals surface area (Å²) in [4.78, 5) is 0.366. The van der Waals surface area contributed by atoms with E-state index in [9.17, 15) is 8.42 Å². The number of sulfone groups is 1. The van der Waals surface area contributed by atoms with Gasteiger partial charge in [0.25, 0.3) is 0 Å². The predicted molar refractivity (Wildman–Crippen MR) is 66.0 cm³/mol. The lowest BCUT2D eigenvalue weighted by Crippen LogP contribution is -2.31. The van der Waals surface area contributed by atoms with Crippen molar-refractivity contribution in [3.05, 3.63) is 29.8 Å². The van der Waals surface area contributed by atoms with Gasteiger partial charge in [0.2, 0.25) is 0 Å². The van der Waals surface area contributed by atoms with Gasteiger partial charge in [-0.3, -0.25) is 0 Å². The fourth-order valence-corrected chi connectivity index (χ4v) is 2.30. The van der Waals surface area contributed by atoms with E-state index in [1.807, 2.05) is 13.8 Å². The molecular weight excluding hydrogens is 222 g/mol. The number of rotatable bonds is 4. The second-order valence-corrected chi connectivity index (χ2v) is 6.48. The Morgan fingerprint density at radius 3 is 2.06 bits per heavy atom. The summed E-state index contributed by atoms with van der Waals surface area (Å²) < 4.78 is 23.2. The summed E-state index contributed by atoms with van der Waals surface area (Å²) in [5, 5.41) is 0. The summed E-state index contributed by atoms with van der Waals surface area (Å²) in [5.74, 6) is 0.125. The van der Waals surface area contributed by atoms with E-state index >= 15 is 0 Å². The lowest BCUT2D eigenvalue weighted by Gasteiger charge is -2.23. The van der Waals surface area contributed by atoms with Crippen LogP contribution in [0.1, 0.15) is 32.8 Å². The molecule has 0 saturated heterocycles. The first-order valence-electron chi connectivity index (χ1n) is 5.45. The van der Waals surface area contributed by atoms with Crippen molar-refractivity contribution in [2.75, 3.05) is 5.75 Å². The lowest BCUT2D eigenvalue weighted by molar-refractivity contribution is 0.476. The van der Waals surface area contributed by atoms with E-state index in [0.717, 1.165) is 12.0 Å². The van der Waals surface area contributed by atoms with Crippen molar-refractivity contribution in [2.45, 2.75) is 37.6 Å². The first kappa shape index (κ1) is 13.2. The van der Waals surface area contributed by atoms with Gasteiger partial charge in [-0.05, 0) is 31.0 Å². The van der Waals surface area contributed by atoms with Crippen molar-refractivity contribution in [3.8, 4) is 0 Å². The van der Waals surface area contributed by atoms with Gasteiger partial charge in [-0.15, -0.1) is 0 Å². The Morgan fingerprint density at radius 1 is 1.19 bits per heavy atom. The highest BCUT2D eigenvalue weighted by molar-refractivity contribution is 7.91. The standard InChI is InChI=1S/C12H19NO2S/c1-4-12(3,13)10-6-8-11(9-7-10)16(14,15)5-2/h6-9H,4-5,13H2,1-3H3. The summed E-state index contributed by atoms with van der Waals surface area (Å²) in [6, 6.07) is 6.86. The molecule has 0 amide bonds. The topological polar surface area (TPSA) is 60.2 Å². The van der Waals surface area contributed by atoms with Crippen LogP contribution in [0.5, 0.6) is 0 Å². The largest absolute Gasteiger partial charge is 0.322 e. The molecule has 3 nitrogen and oxygen atoms in total. The molecule has 90 valence electrons. The van der Waals surface area contributed by atoms with E-state index in [4.69, 9.17) is 5.73 Å². The first-order chi connectivity index (χ1) is 7.33. The summed E-state index contributed by atoms with van der Waals surface area (Å²) in [6.07, 6.45) is 0.812. The highest BCUT2D eigenvalue weighted by Gasteiger charge is 2.19. The van der Waals surface area contributed by atoms with Crippen molar-refractivity contribution < 1.29 is 8.42 Å². The molecule has 0 heterocycles. The van der Waals surface area contributed by atoms with Crippen LogP contribution in [0, 0.1) is 0 Å². The fourth-order valence-electron chi connectivity index (χ4n) is 1.41. The van der Waals surface area contributed by atoms with E-state index in [-0.39, 0.29) is 5.75 Å². The van der Waals surface area contributed by atoms with Crippen LogP contribution in [0.3, 0.4) is 0 Å². The van der Waals surface area contributed by atoms with Gasteiger partial charge < -0.3 is 5.73 Å². The molecule has 0 radical (unpaired) electrons. The molecule has 1 rings (SSSR count). The maximum Gasteiger partial charge on any atom is 0.178 e. The molecule has 1 atom stereocenters. The highest BCUT2D eigenvalue weighted by Crippen LogP contribution is 2.22. The minimum Gasteiger partial charge on any atom is -0.322 e. The van der Waals surface area contributed by atoms with Gasteiger partial charge in [-0.25, -0.2) is 8.42 Å². The zero-order valence-corrected chi connectivity index (χ0v) is 10.8. The zero-order valence-electron chi connectivity index (χ0n) is 10.0. The predicted octanol–water partition coefficient (Wildman–Crippen LogP) is 2.06. The van der Waals surface area contributed by atoms with Gasteiger partial charge in [0.15, 0.2) is 9.84 Å². The average Bonchev–Trinajstić information content (AvgIpc) is 2.29. The van der Waals surface area contributed by atoms with Gasteiger partial charge in [0, 0.05) is 5.54 Å². The van der Waals surface area contributed by atoms with Crippen molar-refractivity contribution in [1.29, 1.82) is 0 Å². The Balaban J connectivity index is 3.10. The minimum atomic E-state index is -3.11. The molecule has 0 aliphatic rings. The van der Waals surface area contributed by atoms with Crippen molar-refractivity contribution in [3.63, 3.8) is 0 Å². The van der Waals surface area contributed by atoms with Gasteiger partial charge in [0.05, 0.1) is 10.6 Å². The average molecular weight is 241 g/mol. The maximum absolute atomic E-state index is 11.6. The second-order valence-electron chi connectivity index (χ2n) is 4.20. The zero-order chi connectivity index (χ0) is 12.4. The Kier molecular flexibility index (Phi) is 3.76. The van der Waals surface area contributed by atoms with E-state index in [1.54, 1.807) is 31.2 Å². The van der Waals surface area contributed by atoms with Crippen LogP contribution in [0.2, 0.25) is 0 Å². The highest BCUT2D eigenvalue weighted by atomic mass is 32.2. The van der Waals surface area contributed by atoms with Crippen molar-refractivity contribution in [2.24, 2.45) is 5.73 Å². The summed E-state index contributed by atoms with van der Waals surface area (Å²) in [7, 11) is -3.11. The number of hydrogen-bond acceptors (Lipinski definition) is 3. The maximum atomic E-state index is 11.6. The third-order valence-corrected chi connectivity index (χ3v) is 4.74. The van der Waals surface area contributed by atoms with Crippen LogP contribution in [0.15, 0.2) is 29.2 Å². The molecule has 1 unspecified atom stereocenters. The number of nitrogens with two attached hydrogens (primary N) is 1. The Hall–Kier alpha value is -0.870. The molecule has 0 bridgehead atoms. The van der Waals surface area contributed by atoms with E-state index in [2.05, 4.69) is 0 Å². The third-order valence-electron chi connectivity index (χ3n) is 2.99. The first-order valence-corrected chi connectivity index (χ1v) is 7.11. The summed E-state index contributed by atoms with van der Waals surface area (Å²) >= 11 is 0. The molecule has 2 N–H and O–H groups in total. The van der Waals surface area contributed by atoms with Crippen LogP contribution in [-0.2, 0) is 15.4 Å². The molecular formula is C12H19NO2S. The molecule has 16 heavy (non-hydrogen) atoms. The summed E-state index contributed by atoms with van der Waals surface area (Å²) in [6.45, 7) is 5.59. The molecule has 4 heteroatoms. The number of hydrogen-bond donors (Lipinski definition) is 1. The molecule has 0 aliphatic heterocycles. The molecule has 1 aromatic rings. The fraction of sp³-hybridized carbons (Fsp3) is 0.500. The lowest BCUT2D eigenvalue weighted by atomic mass is 9.91. The van der Waals surface area contributed by atoms with Crippen molar-refractivity contribution >= 4 is 9.84 Å². The van der Waals surface area contributed by atoms with Gasteiger partial charge in [-0.1, -0.05) is 26.0 Å². The summed E-state index contributed by atoms with van der Waals surface area (Å²) in [5.41, 5.74) is 6.65. The second kappa shape index (κ2) is 4.55. The van der Waals surface area contributed by atoms with E-state index < -0.39 is 15.4 Å². The van der Waals surface area contributed by atoms with Gasteiger partial charge >= 0.3 is 0 Å². The normalized spacial score (nSPS) is 15.8. The third kappa shape index (κ3) is 2.62. The monoisotopic (exact) mass is 241 g/mol. The molecule has 0 aromatic heterocycles. The van der Waals surface area contributed by atoms with Gasteiger partial charge in [0.1, 0.15) is 0 Å². The Bertz CT molecular complexity index is 446. The van der Waals surface area contributed by atoms with Crippen LogP contribution in [0.4, 0.5) is 0 Å². The number of benzene rings is 1. The minimum absolute atomic E-state index is 0.125. The molecule has 0 fully saturated rings. The molecule has 1 aromatic carbocycles. The van der Waals surface area contributed by atoms with E-state index in [0.29, 0.717) is 4.90 Å². The van der Waals surface area contributed by atoms with Gasteiger partial charge in [-0.2, -0.15) is 0 Å². The molecule has 0 spiro atoms. The van der Waals surface area contributed by atoms with Crippen LogP contribution in [-0.4, -0.2) is 14.2 Å². The van der Waals surface area contributed by atoms with E-state index in [1.165, 1.54) is 0 Å². The molecule has 0 aliphatic carbocycles. The SMILES string of the molecule is CCC(C)(N)c1ccc(S(=O)(=O)CC)cc1.